The van der Waals surface area contributed by atoms with Gasteiger partial charge in [0, 0.05) is 25.1 Å². The molecule has 0 aromatic carbocycles. The Morgan fingerprint density at radius 3 is 2.84 bits per heavy atom. The summed E-state index contributed by atoms with van der Waals surface area (Å²) in [5.41, 5.74) is -0.101. The topological polar surface area (TPSA) is 88.5 Å². The van der Waals surface area contributed by atoms with Crippen LogP contribution in [0, 0.1) is 5.92 Å². The molecule has 0 aliphatic carbocycles. The summed E-state index contributed by atoms with van der Waals surface area (Å²) >= 11 is 1.02. The molecule has 1 aromatic heterocycles. The van der Waals surface area contributed by atoms with E-state index in [0.29, 0.717) is 25.7 Å². The van der Waals surface area contributed by atoms with E-state index in [2.05, 4.69) is 24.1 Å². The zero-order valence-corrected chi connectivity index (χ0v) is 11.8. The van der Waals surface area contributed by atoms with Gasteiger partial charge in [-0.3, -0.25) is 4.79 Å². The molecular weight excluding hydrogens is 268 g/mol. The van der Waals surface area contributed by atoms with Gasteiger partial charge in [0.1, 0.15) is 0 Å². The zero-order valence-electron chi connectivity index (χ0n) is 11.0. The van der Waals surface area contributed by atoms with Gasteiger partial charge in [0.25, 0.3) is 5.91 Å². The van der Waals surface area contributed by atoms with E-state index in [1.165, 1.54) is 5.38 Å². The van der Waals surface area contributed by atoms with Crippen molar-refractivity contribution in [2.75, 3.05) is 19.8 Å². The van der Waals surface area contributed by atoms with Crippen LogP contribution in [-0.4, -0.2) is 41.7 Å². The third kappa shape index (κ3) is 5.80. The first-order valence-electron chi connectivity index (χ1n) is 6.05. The van der Waals surface area contributed by atoms with Gasteiger partial charge in [-0.05, 0) is 12.3 Å². The third-order valence-electron chi connectivity index (χ3n) is 2.12. The number of nitrogens with one attached hydrogen (secondary N) is 1. The van der Waals surface area contributed by atoms with Crippen LogP contribution in [0.1, 0.15) is 40.6 Å². The molecule has 0 saturated carbocycles. The van der Waals surface area contributed by atoms with Crippen molar-refractivity contribution in [2.45, 2.75) is 20.3 Å². The minimum absolute atomic E-state index is 0.101. The molecule has 1 aromatic rings. The fourth-order valence-corrected chi connectivity index (χ4v) is 1.95. The minimum Gasteiger partial charge on any atom is -0.476 e. The first-order chi connectivity index (χ1) is 9.00. The molecule has 0 saturated heterocycles. The lowest BCUT2D eigenvalue weighted by molar-refractivity contribution is 0.0691. The summed E-state index contributed by atoms with van der Waals surface area (Å²) in [5.74, 6) is -0.974. The van der Waals surface area contributed by atoms with Crippen LogP contribution in [0.4, 0.5) is 0 Å². The molecule has 1 heterocycles. The maximum absolute atomic E-state index is 11.6. The molecule has 0 fully saturated rings. The lowest BCUT2D eigenvalue weighted by Crippen LogP contribution is -2.25. The molecule has 0 radical (unpaired) electrons. The number of aromatic carboxylic acids is 1. The molecule has 0 bridgehead atoms. The highest BCUT2D eigenvalue weighted by atomic mass is 32.1. The van der Waals surface area contributed by atoms with Crippen molar-refractivity contribution in [3.63, 3.8) is 0 Å². The van der Waals surface area contributed by atoms with Gasteiger partial charge in [-0.1, -0.05) is 13.8 Å². The number of thiazole rings is 1. The first-order valence-corrected chi connectivity index (χ1v) is 6.93. The maximum Gasteiger partial charge on any atom is 0.355 e. The number of carbonyl (C=O) groups excluding carboxylic acids is 1. The number of nitrogens with zero attached hydrogens (tertiary/aromatic N) is 1. The molecular formula is C12H18N2O4S. The van der Waals surface area contributed by atoms with Crippen molar-refractivity contribution in [3.8, 4) is 0 Å². The Kier molecular flexibility index (Phi) is 6.44. The van der Waals surface area contributed by atoms with E-state index < -0.39 is 5.97 Å². The number of rotatable bonds is 8. The Labute approximate surface area is 115 Å². The summed E-state index contributed by atoms with van der Waals surface area (Å²) < 4.78 is 5.38. The number of carboxylic acid groups (broad SMARTS) is 1. The van der Waals surface area contributed by atoms with E-state index in [1.807, 2.05) is 0 Å². The smallest absolute Gasteiger partial charge is 0.355 e. The van der Waals surface area contributed by atoms with Crippen LogP contribution < -0.4 is 5.32 Å². The molecule has 0 atom stereocenters. The van der Waals surface area contributed by atoms with Crippen molar-refractivity contribution in [1.82, 2.24) is 10.3 Å². The molecule has 0 spiro atoms. The van der Waals surface area contributed by atoms with E-state index >= 15 is 0 Å². The average Bonchev–Trinajstić information content (AvgIpc) is 2.82. The van der Waals surface area contributed by atoms with E-state index in [0.717, 1.165) is 17.8 Å². The van der Waals surface area contributed by atoms with Crippen molar-refractivity contribution in [2.24, 2.45) is 5.92 Å². The predicted octanol–water partition coefficient (Wildman–Crippen LogP) is 1.63. The first kappa shape index (κ1) is 15.6. The molecule has 106 valence electrons. The second kappa shape index (κ2) is 7.85. The summed E-state index contributed by atoms with van der Waals surface area (Å²) in [6, 6.07) is 0. The SMILES string of the molecule is CC(C)COCCCNC(=O)c1nc(C(=O)O)cs1. The number of aromatic nitrogens is 1. The molecule has 19 heavy (non-hydrogen) atoms. The van der Waals surface area contributed by atoms with Gasteiger partial charge in [0.15, 0.2) is 10.7 Å². The van der Waals surface area contributed by atoms with Crippen LogP contribution in [0.15, 0.2) is 5.38 Å². The quantitative estimate of drug-likeness (QED) is 0.709. The van der Waals surface area contributed by atoms with Crippen LogP contribution in [-0.2, 0) is 4.74 Å². The van der Waals surface area contributed by atoms with Crippen molar-refractivity contribution >= 4 is 23.2 Å². The van der Waals surface area contributed by atoms with Crippen LogP contribution in [0.3, 0.4) is 0 Å². The Balaban J connectivity index is 2.22. The van der Waals surface area contributed by atoms with Gasteiger partial charge < -0.3 is 15.2 Å². The second-order valence-electron chi connectivity index (χ2n) is 4.42. The zero-order chi connectivity index (χ0) is 14.3. The summed E-state index contributed by atoms with van der Waals surface area (Å²) in [6.07, 6.45) is 0.718. The van der Waals surface area contributed by atoms with Gasteiger partial charge in [0.2, 0.25) is 0 Å². The van der Waals surface area contributed by atoms with Gasteiger partial charge in [-0.25, -0.2) is 9.78 Å². The molecule has 0 unspecified atom stereocenters. The number of hydrogen-bond acceptors (Lipinski definition) is 5. The van der Waals surface area contributed by atoms with Crippen molar-refractivity contribution in [1.29, 1.82) is 0 Å². The molecule has 7 heteroatoms. The summed E-state index contributed by atoms with van der Waals surface area (Å²) in [5, 5.41) is 12.9. The Morgan fingerprint density at radius 1 is 1.53 bits per heavy atom. The second-order valence-corrected chi connectivity index (χ2v) is 5.28. The Hall–Kier alpha value is -1.47. The summed E-state index contributed by atoms with van der Waals surface area (Å²) in [6.45, 7) is 5.94. The van der Waals surface area contributed by atoms with Crippen LogP contribution in [0.2, 0.25) is 0 Å². The summed E-state index contributed by atoms with van der Waals surface area (Å²) in [7, 11) is 0. The van der Waals surface area contributed by atoms with E-state index in [4.69, 9.17) is 9.84 Å². The Bertz CT molecular complexity index is 431. The lowest BCUT2D eigenvalue weighted by Gasteiger charge is -2.06. The monoisotopic (exact) mass is 286 g/mol. The number of amides is 1. The highest BCUT2D eigenvalue weighted by Crippen LogP contribution is 2.09. The Morgan fingerprint density at radius 2 is 2.26 bits per heavy atom. The number of carboxylic acids is 1. The van der Waals surface area contributed by atoms with Crippen LogP contribution in [0.5, 0.6) is 0 Å². The average molecular weight is 286 g/mol. The number of ether oxygens (including phenoxy) is 1. The highest BCUT2D eigenvalue weighted by molar-refractivity contribution is 7.11. The van der Waals surface area contributed by atoms with Gasteiger partial charge in [-0.15, -0.1) is 11.3 Å². The van der Waals surface area contributed by atoms with Gasteiger partial charge in [-0.2, -0.15) is 0 Å². The molecule has 1 rings (SSSR count). The van der Waals surface area contributed by atoms with E-state index in [9.17, 15) is 9.59 Å². The number of hydrogen-bond donors (Lipinski definition) is 2. The molecule has 1 amide bonds. The van der Waals surface area contributed by atoms with Crippen molar-refractivity contribution in [3.05, 3.63) is 16.1 Å². The molecule has 6 nitrogen and oxygen atoms in total. The maximum atomic E-state index is 11.6. The highest BCUT2D eigenvalue weighted by Gasteiger charge is 2.13. The predicted molar refractivity (Wildman–Crippen MR) is 71.7 cm³/mol. The largest absolute Gasteiger partial charge is 0.476 e. The van der Waals surface area contributed by atoms with Crippen LogP contribution >= 0.6 is 11.3 Å². The normalized spacial score (nSPS) is 10.7. The van der Waals surface area contributed by atoms with Gasteiger partial charge in [0.05, 0.1) is 0 Å². The van der Waals surface area contributed by atoms with E-state index in [1.54, 1.807) is 0 Å². The van der Waals surface area contributed by atoms with Gasteiger partial charge >= 0.3 is 5.97 Å². The lowest BCUT2D eigenvalue weighted by atomic mass is 10.2. The van der Waals surface area contributed by atoms with Crippen molar-refractivity contribution < 1.29 is 19.4 Å². The van der Waals surface area contributed by atoms with Crippen LogP contribution in [0.25, 0.3) is 0 Å². The number of carbonyl (C=O) groups is 2. The fourth-order valence-electron chi connectivity index (χ4n) is 1.25. The minimum atomic E-state index is -1.13. The third-order valence-corrected chi connectivity index (χ3v) is 2.96. The van der Waals surface area contributed by atoms with E-state index in [-0.39, 0.29) is 16.6 Å². The fraction of sp³-hybridized carbons (Fsp3) is 0.583. The molecule has 0 aliphatic rings. The molecule has 0 aliphatic heterocycles. The summed E-state index contributed by atoms with van der Waals surface area (Å²) in [4.78, 5) is 26.0. The molecule has 2 N–H and O–H groups in total. The standard InChI is InChI=1S/C12H18N2O4S/c1-8(2)6-18-5-3-4-13-10(15)11-14-9(7-19-11)12(16)17/h7-8H,3-6H2,1-2H3,(H,13,15)(H,16,17).